The first-order valence-corrected chi connectivity index (χ1v) is 12.8. The second kappa shape index (κ2) is 12.4. The van der Waals surface area contributed by atoms with Crippen molar-refractivity contribution in [2.24, 2.45) is 11.8 Å². The molecule has 4 atom stereocenters. The monoisotopic (exact) mass is 540 g/mol. The molecule has 39 heavy (non-hydrogen) atoms. The molecule has 0 N–H and O–H groups in total. The van der Waals surface area contributed by atoms with E-state index in [2.05, 4.69) is 0 Å². The summed E-state index contributed by atoms with van der Waals surface area (Å²) < 4.78 is 27.0. The summed E-state index contributed by atoms with van der Waals surface area (Å²) in [5, 5.41) is 0. The van der Waals surface area contributed by atoms with E-state index >= 15 is 0 Å². The first kappa shape index (κ1) is 29.8. The van der Waals surface area contributed by atoms with Crippen LogP contribution in [0.4, 0.5) is 0 Å². The normalized spacial score (nSPS) is 22.2. The van der Waals surface area contributed by atoms with Crippen LogP contribution >= 0.6 is 0 Å². The summed E-state index contributed by atoms with van der Waals surface area (Å²) in [4.78, 5) is 50.2. The van der Waals surface area contributed by atoms with Crippen LogP contribution in [0.1, 0.15) is 81.5 Å². The molecule has 1 fully saturated rings. The molecule has 0 amide bonds. The summed E-state index contributed by atoms with van der Waals surface area (Å²) >= 11 is 0. The Morgan fingerprint density at radius 3 is 1.72 bits per heavy atom. The zero-order chi connectivity index (χ0) is 28.8. The molecule has 2 aromatic rings. The number of methoxy groups -OCH3 is 3. The lowest BCUT2D eigenvalue weighted by Crippen LogP contribution is -2.50. The lowest BCUT2D eigenvalue weighted by atomic mass is 9.67. The molecule has 9 heteroatoms. The van der Waals surface area contributed by atoms with Crippen LogP contribution in [0.25, 0.3) is 0 Å². The van der Waals surface area contributed by atoms with Crippen molar-refractivity contribution in [2.45, 2.75) is 51.2 Å². The molecule has 0 bridgehead atoms. The average molecular weight is 541 g/mol. The Kier molecular flexibility index (Phi) is 9.50. The van der Waals surface area contributed by atoms with Crippen molar-refractivity contribution in [1.29, 1.82) is 0 Å². The van der Waals surface area contributed by atoms with Crippen LogP contribution in [0.5, 0.6) is 0 Å². The Hall–Kier alpha value is -3.72. The average Bonchev–Trinajstić information content (AvgIpc) is 2.96. The third-order valence-corrected chi connectivity index (χ3v) is 7.92. The predicted octanol–water partition coefficient (Wildman–Crippen LogP) is 4.87. The molecule has 0 saturated heterocycles. The van der Waals surface area contributed by atoms with Gasteiger partial charge in [-0.05, 0) is 69.2 Å². The standard InChI is InChI=1S/C30H36O9/c1-19-17-20(15-16-29(19,2)39-28(34)24-14-10-8-12-22(24)26(32)36-5)30(3,37-6)18-38-27(33)23-13-9-7-11-21(23)25(31)35-4/h7-14,19-20H,15-18H2,1-6H3. The van der Waals surface area contributed by atoms with Gasteiger partial charge in [-0.25, -0.2) is 19.2 Å². The van der Waals surface area contributed by atoms with Gasteiger partial charge in [-0.1, -0.05) is 31.2 Å². The minimum atomic E-state index is -0.813. The summed E-state index contributed by atoms with van der Waals surface area (Å²) in [7, 11) is 4.08. The highest BCUT2D eigenvalue weighted by atomic mass is 16.6. The summed E-state index contributed by atoms with van der Waals surface area (Å²) in [5.74, 6) is -2.53. The Morgan fingerprint density at radius 1 is 0.821 bits per heavy atom. The molecule has 9 nitrogen and oxygen atoms in total. The van der Waals surface area contributed by atoms with E-state index in [0.717, 1.165) is 0 Å². The van der Waals surface area contributed by atoms with Gasteiger partial charge < -0.3 is 23.7 Å². The van der Waals surface area contributed by atoms with Crippen molar-refractivity contribution >= 4 is 23.9 Å². The van der Waals surface area contributed by atoms with E-state index in [4.69, 9.17) is 23.7 Å². The summed E-state index contributed by atoms with van der Waals surface area (Å²) in [5.41, 5.74) is -1.04. The molecule has 2 aromatic carbocycles. The third-order valence-electron chi connectivity index (χ3n) is 7.92. The van der Waals surface area contributed by atoms with Gasteiger partial charge >= 0.3 is 23.9 Å². The van der Waals surface area contributed by atoms with E-state index in [-0.39, 0.29) is 40.7 Å². The van der Waals surface area contributed by atoms with E-state index < -0.39 is 35.1 Å². The molecule has 0 heterocycles. The van der Waals surface area contributed by atoms with Gasteiger partial charge in [-0.2, -0.15) is 0 Å². The molecule has 0 aliphatic heterocycles. The molecule has 1 saturated carbocycles. The van der Waals surface area contributed by atoms with Crippen LogP contribution in [-0.4, -0.2) is 63.0 Å². The SMILES string of the molecule is COC(=O)c1ccccc1C(=O)OCC(C)(OC)C1CCC(C)(OC(=O)c2ccccc2C(=O)OC)C(C)C1. The van der Waals surface area contributed by atoms with Crippen LogP contribution in [0.2, 0.25) is 0 Å². The fraction of sp³-hybridized carbons (Fsp3) is 0.467. The Balaban J connectivity index is 1.69. The van der Waals surface area contributed by atoms with Gasteiger partial charge in [0, 0.05) is 7.11 Å². The number of benzene rings is 2. The zero-order valence-corrected chi connectivity index (χ0v) is 23.3. The number of ether oxygens (including phenoxy) is 5. The zero-order valence-electron chi connectivity index (χ0n) is 23.3. The fourth-order valence-corrected chi connectivity index (χ4v) is 5.00. The maximum Gasteiger partial charge on any atom is 0.339 e. The van der Waals surface area contributed by atoms with Crippen molar-refractivity contribution in [3.63, 3.8) is 0 Å². The maximum atomic E-state index is 13.1. The highest BCUT2D eigenvalue weighted by Gasteiger charge is 2.47. The maximum absolute atomic E-state index is 13.1. The summed E-state index contributed by atoms with van der Waals surface area (Å²) in [6.07, 6.45) is 1.83. The molecule has 4 unspecified atom stereocenters. The van der Waals surface area contributed by atoms with Gasteiger partial charge in [0.2, 0.25) is 0 Å². The van der Waals surface area contributed by atoms with E-state index in [0.29, 0.717) is 19.3 Å². The molecule has 0 radical (unpaired) electrons. The number of carbonyl (C=O) groups is 4. The topological polar surface area (TPSA) is 114 Å². The number of esters is 4. The van der Waals surface area contributed by atoms with Gasteiger partial charge in [0.15, 0.2) is 0 Å². The molecular formula is C30H36O9. The highest BCUT2D eigenvalue weighted by Crippen LogP contribution is 2.44. The number of carbonyl (C=O) groups excluding carboxylic acids is 4. The molecule has 1 aliphatic carbocycles. The predicted molar refractivity (Wildman–Crippen MR) is 142 cm³/mol. The largest absolute Gasteiger partial charge is 0.465 e. The van der Waals surface area contributed by atoms with Crippen molar-refractivity contribution in [3.8, 4) is 0 Å². The Bertz CT molecular complexity index is 1220. The van der Waals surface area contributed by atoms with Crippen LogP contribution in [-0.2, 0) is 23.7 Å². The van der Waals surface area contributed by atoms with E-state index in [9.17, 15) is 19.2 Å². The third kappa shape index (κ3) is 6.47. The molecule has 1 aliphatic rings. The highest BCUT2D eigenvalue weighted by molar-refractivity contribution is 6.03. The van der Waals surface area contributed by atoms with Gasteiger partial charge in [-0.3, -0.25) is 0 Å². The quantitative estimate of drug-likeness (QED) is 0.324. The van der Waals surface area contributed by atoms with Gasteiger partial charge in [0.05, 0.1) is 36.5 Å². The van der Waals surface area contributed by atoms with Gasteiger partial charge in [0.25, 0.3) is 0 Å². The number of hydrogen-bond donors (Lipinski definition) is 0. The van der Waals surface area contributed by atoms with Crippen molar-refractivity contribution in [3.05, 3.63) is 70.8 Å². The van der Waals surface area contributed by atoms with Gasteiger partial charge in [0.1, 0.15) is 17.8 Å². The van der Waals surface area contributed by atoms with Crippen molar-refractivity contribution in [2.75, 3.05) is 27.9 Å². The van der Waals surface area contributed by atoms with Crippen molar-refractivity contribution < 1.29 is 42.9 Å². The summed E-state index contributed by atoms with van der Waals surface area (Å²) in [6.45, 7) is 5.74. The lowest BCUT2D eigenvalue weighted by Gasteiger charge is -2.47. The Morgan fingerprint density at radius 2 is 1.28 bits per heavy atom. The van der Waals surface area contributed by atoms with Crippen LogP contribution in [0, 0.1) is 11.8 Å². The lowest BCUT2D eigenvalue weighted by molar-refractivity contribution is -0.128. The van der Waals surface area contributed by atoms with E-state index in [1.807, 2.05) is 20.8 Å². The minimum absolute atomic E-state index is 0.00437. The second-order valence-corrected chi connectivity index (χ2v) is 10.2. The van der Waals surface area contributed by atoms with Crippen molar-refractivity contribution in [1.82, 2.24) is 0 Å². The first-order chi connectivity index (χ1) is 18.5. The van der Waals surface area contributed by atoms with Gasteiger partial charge in [-0.15, -0.1) is 0 Å². The smallest absolute Gasteiger partial charge is 0.339 e. The number of hydrogen-bond acceptors (Lipinski definition) is 9. The molecule has 0 aromatic heterocycles. The Labute approximate surface area is 228 Å². The fourth-order valence-electron chi connectivity index (χ4n) is 5.00. The van der Waals surface area contributed by atoms with Crippen LogP contribution in [0.3, 0.4) is 0 Å². The van der Waals surface area contributed by atoms with Crippen LogP contribution in [0.15, 0.2) is 48.5 Å². The van der Waals surface area contributed by atoms with E-state index in [1.54, 1.807) is 37.4 Å². The molecule has 3 rings (SSSR count). The first-order valence-electron chi connectivity index (χ1n) is 12.8. The second-order valence-electron chi connectivity index (χ2n) is 10.2. The summed E-state index contributed by atoms with van der Waals surface area (Å²) in [6, 6.07) is 12.7. The number of rotatable bonds is 9. The molecule has 210 valence electrons. The minimum Gasteiger partial charge on any atom is -0.465 e. The molecular weight excluding hydrogens is 504 g/mol. The van der Waals surface area contributed by atoms with Crippen LogP contribution < -0.4 is 0 Å². The van der Waals surface area contributed by atoms with E-state index in [1.165, 1.54) is 32.4 Å². The molecule has 0 spiro atoms.